The first-order chi connectivity index (χ1) is 9.24. The molecule has 0 atom stereocenters. The van der Waals surface area contributed by atoms with Crippen molar-refractivity contribution in [3.05, 3.63) is 53.9 Å². The van der Waals surface area contributed by atoms with Crippen LogP contribution in [0.25, 0.3) is 11.1 Å². The van der Waals surface area contributed by atoms with Crippen molar-refractivity contribution < 1.29 is 14.6 Å². The molecule has 1 N–H and O–H groups in total. The van der Waals surface area contributed by atoms with Crippen LogP contribution in [0.3, 0.4) is 0 Å². The topological polar surface area (TPSA) is 59.4 Å². The highest BCUT2D eigenvalue weighted by atomic mass is 16.5. The molecule has 0 aliphatic carbocycles. The van der Waals surface area contributed by atoms with Gasteiger partial charge in [-0.25, -0.2) is 9.78 Å². The molecule has 0 bridgehead atoms. The molecule has 1 aromatic carbocycles. The minimum atomic E-state index is -0.477. The highest BCUT2D eigenvalue weighted by Gasteiger charge is 2.12. The van der Waals surface area contributed by atoms with E-state index in [2.05, 4.69) is 4.98 Å². The number of aliphatic hydroxyl groups excluding tert-OH is 1. The van der Waals surface area contributed by atoms with Gasteiger partial charge in [0.1, 0.15) is 5.69 Å². The number of aromatic nitrogens is 1. The molecule has 0 radical (unpaired) electrons. The fraction of sp³-hybridized carbons (Fsp3) is 0.200. The lowest BCUT2D eigenvalue weighted by Crippen LogP contribution is -2.09. The molecule has 2 rings (SSSR count). The average Bonchev–Trinajstić information content (AvgIpc) is 2.48. The Balaban J connectivity index is 2.45. The average molecular weight is 257 g/mol. The van der Waals surface area contributed by atoms with E-state index in [1.807, 2.05) is 30.3 Å². The number of pyridine rings is 1. The van der Waals surface area contributed by atoms with Gasteiger partial charge in [0.25, 0.3) is 0 Å². The second-order valence-corrected chi connectivity index (χ2v) is 3.98. The molecule has 0 unspecified atom stereocenters. The smallest absolute Gasteiger partial charge is 0.356 e. The van der Waals surface area contributed by atoms with Gasteiger partial charge in [-0.15, -0.1) is 0 Å². The maximum atomic E-state index is 11.7. The van der Waals surface area contributed by atoms with Gasteiger partial charge in [0.15, 0.2) is 0 Å². The van der Waals surface area contributed by atoms with Gasteiger partial charge in [0.05, 0.1) is 18.9 Å². The van der Waals surface area contributed by atoms with Crippen molar-refractivity contribution in [2.45, 2.75) is 13.5 Å². The monoisotopic (exact) mass is 257 g/mol. The standard InChI is InChI=1S/C15H15NO3/c1-2-19-15(18)14-9-12(8-13(10-17)16-14)11-6-4-3-5-7-11/h3-9,17H,2,10H2,1H3. The first-order valence-corrected chi connectivity index (χ1v) is 6.09. The van der Waals surface area contributed by atoms with Crippen molar-refractivity contribution in [1.82, 2.24) is 4.98 Å². The van der Waals surface area contributed by atoms with Gasteiger partial charge in [-0.05, 0) is 30.2 Å². The van der Waals surface area contributed by atoms with E-state index in [0.717, 1.165) is 11.1 Å². The number of carbonyl (C=O) groups excluding carboxylic acids is 1. The van der Waals surface area contributed by atoms with Crippen LogP contribution in [0.5, 0.6) is 0 Å². The van der Waals surface area contributed by atoms with Crippen LogP contribution in [0.15, 0.2) is 42.5 Å². The van der Waals surface area contributed by atoms with Gasteiger partial charge in [0.2, 0.25) is 0 Å². The summed E-state index contributed by atoms with van der Waals surface area (Å²) in [6.07, 6.45) is 0. The Hall–Kier alpha value is -2.20. The van der Waals surface area contributed by atoms with Crippen LogP contribution in [-0.4, -0.2) is 22.7 Å². The zero-order valence-corrected chi connectivity index (χ0v) is 10.7. The molecule has 2 aromatic rings. The highest BCUT2D eigenvalue weighted by molar-refractivity contribution is 5.89. The molecular weight excluding hydrogens is 242 g/mol. The van der Waals surface area contributed by atoms with E-state index in [1.165, 1.54) is 0 Å². The molecule has 0 spiro atoms. The molecule has 0 saturated heterocycles. The maximum Gasteiger partial charge on any atom is 0.356 e. The number of esters is 1. The molecule has 0 amide bonds. The zero-order valence-electron chi connectivity index (χ0n) is 10.7. The number of hydrogen-bond acceptors (Lipinski definition) is 4. The molecule has 0 saturated carbocycles. The van der Waals surface area contributed by atoms with E-state index < -0.39 is 5.97 Å². The summed E-state index contributed by atoms with van der Waals surface area (Å²) < 4.78 is 4.94. The van der Waals surface area contributed by atoms with Crippen LogP contribution in [0, 0.1) is 0 Å². The maximum absolute atomic E-state index is 11.7. The van der Waals surface area contributed by atoms with Crippen LogP contribution in [0.2, 0.25) is 0 Å². The van der Waals surface area contributed by atoms with Gasteiger partial charge in [-0.1, -0.05) is 30.3 Å². The molecule has 0 aliphatic heterocycles. The Morgan fingerprint density at radius 3 is 2.58 bits per heavy atom. The zero-order chi connectivity index (χ0) is 13.7. The first kappa shape index (κ1) is 13.2. The minimum Gasteiger partial charge on any atom is -0.461 e. The van der Waals surface area contributed by atoms with Gasteiger partial charge >= 0.3 is 5.97 Å². The number of nitrogens with zero attached hydrogens (tertiary/aromatic N) is 1. The van der Waals surface area contributed by atoms with Crippen LogP contribution in [0.1, 0.15) is 23.1 Å². The largest absolute Gasteiger partial charge is 0.461 e. The number of aliphatic hydroxyl groups is 1. The third-order valence-corrected chi connectivity index (χ3v) is 2.63. The summed E-state index contributed by atoms with van der Waals surface area (Å²) in [7, 11) is 0. The Labute approximate surface area is 111 Å². The van der Waals surface area contributed by atoms with Crippen molar-refractivity contribution in [2.75, 3.05) is 6.61 Å². The molecule has 0 fully saturated rings. The molecule has 98 valence electrons. The molecule has 19 heavy (non-hydrogen) atoms. The van der Waals surface area contributed by atoms with E-state index >= 15 is 0 Å². The molecule has 1 heterocycles. The second-order valence-electron chi connectivity index (χ2n) is 3.98. The summed E-state index contributed by atoms with van der Waals surface area (Å²) in [6, 6.07) is 13.1. The van der Waals surface area contributed by atoms with E-state index in [4.69, 9.17) is 4.74 Å². The molecular formula is C15H15NO3. The lowest BCUT2D eigenvalue weighted by molar-refractivity contribution is 0.0519. The van der Waals surface area contributed by atoms with Crippen molar-refractivity contribution in [3.63, 3.8) is 0 Å². The molecule has 4 nitrogen and oxygen atoms in total. The number of carbonyl (C=O) groups is 1. The van der Waals surface area contributed by atoms with Crippen molar-refractivity contribution >= 4 is 5.97 Å². The van der Waals surface area contributed by atoms with Crippen LogP contribution in [-0.2, 0) is 11.3 Å². The van der Waals surface area contributed by atoms with Crippen LogP contribution < -0.4 is 0 Å². The lowest BCUT2D eigenvalue weighted by atomic mass is 10.0. The summed E-state index contributed by atoms with van der Waals surface area (Å²) in [5.41, 5.74) is 2.46. The Kier molecular flexibility index (Phi) is 4.26. The van der Waals surface area contributed by atoms with Gasteiger partial charge in [-0.2, -0.15) is 0 Å². The molecule has 0 aliphatic rings. The predicted molar refractivity (Wildman–Crippen MR) is 71.6 cm³/mol. The van der Waals surface area contributed by atoms with Crippen molar-refractivity contribution in [1.29, 1.82) is 0 Å². The Morgan fingerprint density at radius 1 is 1.21 bits per heavy atom. The normalized spacial score (nSPS) is 10.2. The van der Waals surface area contributed by atoms with Crippen molar-refractivity contribution in [2.24, 2.45) is 0 Å². The summed E-state index contributed by atoms with van der Waals surface area (Å²) in [6.45, 7) is 1.82. The number of ether oxygens (including phenoxy) is 1. The van der Waals surface area contributed by atoms with Gasteiger partial charge < -0.3 is 9.84 Å². The number of benzene rings is 1. The third-order valence-electron chi connectivity index (χ3n) is 2.63. The van der Waals surface area contributed by atoms with E-state index in [0.29, 0.717) is 12.3 Å². The van der Waals surface area contributed by atoms with Crippen molar-refractivity contribution in [3.8, 4) is 11.1 Å². The Bertz CT molecular complexity index is 567. The number of hydrogen-bond donors (Lipinski definition) is 1. The summed E-state index contributed by atoms with van der Waals surface area (Å²) in [5.74, 6) is -0.477. The predicted octanol–water partition coefficient (Wildman–Crippen LogP) is 2.42. The van der Waals surface area contributed by atoms with Gasteiger partial charge in [-0.3, -0.25) is 0 Å². The summed E-state index contributed by atoms with van der Waals surface area (Å²) >= 11 is 0. The SMILES string of the molecule is CCOC(=O)c1cc(-c2ccccc2)cc(CO)n1. The quantitative estimate of drug-likeness (QED) is 0.854. The fourth-order valence-corrected chi connectivity index (χ4v) is 1.78. The minimum absolute atomic E-state index is 0.215. The first-order valence-electron chi connectivity index (χ1n) is 6.09. The summed E-state index contributed by atoms with van der Waals surface area (Å²) in [5, 5.41) is 9.23. The van der Waals surface area contributed by atoms with Gasteiger partial charge in [0, 0.05) is 0 Å². The third kappa shape index (κ3) is 3.17. The summed E-state index contributed by atoms with van der Waals surface area (Å²) in [4.78, 5) is 15.8. The second kappa shape index (κ2) is 6.11. The van der Waals surface area contributed by atoms with E-state index in [-0.39, 0.29) is 12.3 Å². The van der Waals surface area contributed by atoms with Crippen LogP contribution >= 0.6 is 0 Å². The molecule has 4 heteroatoms. The molecule has 1 aromatic heterocycles. The number of rotatable bonds is 4. The lowest BCUT2D eigenvalue weighted by Gasteiger charge is -2.07. The van der Waals surface area contributed by atoms with E-state index in [1.54, 1.807) is 19.1 Å². The fourth-order valence-electron chi connectivity index (χ4n) is 1.78. The van der Waals surface area contributed by atoms with Crippen LogP contribution in [0.4, 0.5) is 0 Å². The van der Waals surface area contributed by atoms with E-state index in [9.17, 15) is 9.90 Å². The Morgan fingerprint density at radius 2 is 1.95 bits per heavy atom. The highest BCUT2D eigenvalue weighted by Crippen LogP contribution is 2.21.